The molecular weight excluding hydrogens is 232 g/mol. The second kappa shape index (κ2) is 3.92. The normalized spacial score (nSPS) is 12.5. The molecule has 0 spiro atoms. The molecule has 1 unspecified atom stereocenters. The molecule has 0 bridgehead atoms. The van der Waals surface area contributed by atoms with Gasteiger partial charge in [0.2, 0.25) is 0 Å². The molecule has 70 valence electrons. The Hall–Kier alpha value is -0.830. The van der Waals surface area contributed by atoms with Crippen molar-refractivity contribution < 1.29 is 9.90 Å². The molecule has 0 aliphatic heterocycles. The Labute approximate surface area is 85.7 Å². The van der Waals surface area contributed by atoms with Crippen LogP contribution >= 0.6 is 15.9 Å². The predicted molar refractivity (Wildman–Crippen MR) is 55.5 cm³/mol. The number of carboxylic acid groups (broad SMARTS) is 1. The van der Waals surface area contributed by atoms with Crippen LogP contribution in [0.1, 0.15) is 33.2 Å². The van der Waals surface area contributed by atoms with Crippen LogP contribution in [0.2, 0.25) is 0 Å². The van der Waals surface area contributed by atoms with Gasteiger partial charge in [0, 0.05) is 4.83 Å². The van der Waals surface area contributed by atoms with E-state index in [0.717, 1.165) is 11.1 Å². The van der Waals surface area contributed by atoms with Crippen LogP contribution in [-0.4, -0.2) is 11.1 Å². The van der Waals surface area contributed by atoms with E-state index in [1.807, 2.05) is 26.0 Å². The Morgan fingerprint density at radius 2 is 2.15 bits per heavy atom. The highest BCUT2D eigenvalue weighted by molar-refractivity contribution is 9.09. The Morgan fingerprint density at radius 3 is 2.54 bits per heavy atom. The maximum absolute atomic E-state index is 10.7. The van der Waals surface area contributed by atoms with Gasteiger partial charge in [0.15, 0.2) is 0 Å². The van der Waals surface area contributed by atoms with Crippen molar-refractivity contribution in [3.63, 3.8) is 0 Å². The summed E-state index contributed by atoms with van der Waals surface area (Å²) in [5.41, 5.74) is 2.27. The molecule has 0 aliphatic carbocycles. The van der Waals surface area contributed by atoms with Gasteiger partial charge in [-0.25, -0.2) is 4.79 Å². The van der Waals surface area contributed by atoms with Gasteiger partial charge in [-0.1, -0.05) is 28.1 Å². The van der Waals surface area contributed by atoms with Crippen molar-refractivity contribution in [2.75, 3.05) is 0 Å². The molecule has 3 heteroatoms. The molecule has 0 saturated heterocycles. The Balaban J connectivity index is 3.13. The Kier molecular flexibility index (Phi) is 3.09. The van der Waals surface area contributed by atoms with Gasteiger partial charge in [-0.2, -0.15) is 0 Å². The van der Waals surface area contributed by atoms with Gasteiger partial charge in [-0.15, -0.1) is 0 Å². The second-order valence-electron chi connectivity index (χ2n) is 3.00. The topological polar surface area (TPSA) is 37.3 Å². The van der Waals surface area contributed by atoms with E-state index < -0.39 is 5.97 Å². The fourth-order valence-electron chi connectivity index (χ4n) is 1.17. The number of carbonyl (C=O) groups is 1. The zero-order chi connectivity index (χ0) is 10.0. The van der Waals surface area contributed by atoms with E-state index in [1.54, 1.807) is 6.07 Å². The summed E-state index contributed by atoms with van der Waals surface area (Å²) < 4.78 is 0. The second-order valence-corrected chi connectivity index (χ2v) is 4.37. The lowest BCUT2D eigenvalue weighted by Crippen LogP contribution is -2.00. The predicted octanol–water partition coefficient (Wildman–Crippen LogP) is 3.15. The van der Waals surface area contributed by atoms with Crippen molar-refractivity contribution in [2.45, 2.75) is 18.7 Å². The summed E-state index contributed by atoms with van der Waals surface area (Å²) in [4.78, 5) is 10.9. The molecule has 0 heterocycles. The van der Waals surface area contributed by atoms with Crippen LogP contribution < -0.4 is 0 Å². The lowest BCUT2D eigenvalue weighted by Gasteiger charge is -2.06. The molecule has 0 aliphatic rings. The van der Waals surface area contributed by atoms with E-state index in [1.165, 1.54) is 0 Å². The molecule has 0 aromatic heterocycles. The fourth-order valence-corrected chi connectivity index (χ4v) is 1.46. The molecule has 1 aromatic rings. The first-order chi connectivity index (χ1) is 6.02. The molecule has 1 N–H and O–H groups in total. The molecule has 1 aromatic carbocycles. The van der Waals surface area contributed by atoms with Gasteiger partial charge < -0.3 is 5.11 Å². The van der Waals surface area contributed by atoms with E-state index in [4.69, 9.17) is 5.11 Å². The first-order valence-electron chi connectivity index (χ1n) is 4.00. The van der Waals surface area contributed by atoms with E-state index in [0.29, 0.717) is 5.56 Å². The Bertz CT molecular complexity index is 332. The molecular formula is C10H11BrO2. The summed E-state index contributed by atoms with van der Waals surface area (Å²) in [5.74, 6) is -0.869. The molecule has 1 atom stereocenters. The number of carboxylic acids is 1. The van der Waals surface area contributed by atoms with Crippen LogP contribution in [0.25, 0.3) is 0 Å². The van der Waals surface area contributed by atoms with Crippen LogP contribution in [0.5, 0.6) is 0 Å². The van der Waals surface area contributed by atoms with Crippen LogP contribution in [0, 0.1) is 6.92 Å². The molecule has 0 fully saturated rings. The summed E-state index contributed by atoms with van der Waals surface area (Å²) >= 11 is 3.43. The highest BCUT2D eigenvalue weighted by Gasteiger charge is 2.08. The van der Waals surface area contributed by atoms with Gasteiger partial charge >= 0.3 is 5.97 Å². The fraction of sp³-hybridized carbons (Fsp3) is 0.300. The number of alkyl halides is 1. The SMILES string of the molecule is Cc1cc(C(C)Br)ccc1C(=O)O. The van der Waals surface area contributed by atoms with Crippen LogP contribution in [0.15, 0.2) is 18.2 Å². The summed E-state index contributed by atoms with van der Waals surface area (Å²) in [6.07, 6.45) is 0. The minimum absolute atomic E-state index is 0.258. The number of benzene rings is 1. The summed E-state index contributed by atoms with van der Waals surface area (Å²) in [7, 11) is 0. The summed E-state index contributed by atoms with van der Waals surface area (Å²) in [6, 6.07) is 5.36. The van der Waals surface area contributed by atoms with Gasteiger partial charge in [0.1, 0.15) is 0 Å². The largest absolute Gasteiger partial charge is 0.478 e. The summed E-state index contributed by atoms with van der Waals surface area (Å²) in [5, 5.41) is 8.78. The van der Waals surface area contributed by atoms with Gasteiger partial charge in [-0.05, 0) is 31.0 Å². The van der Waals surface area contributed by atoms with E-state index in [9.17, 15) is 4.79 Å². The molecule has 0 amide bonds. The van der Waals surface area contributed by atoms with Gasteiger partial charge in [-0.3, -0.25) is 0 Å². The van der Waals surface area contributed by atoms with Crippen molar-refractivity contribution in [3.05, 3.63) is 34.9 Å². The third-order valence-electron chi connectivity index (χ3n) is 1.94. The third kappa shape index (κ3) is 2.31. The smallest absolute Gasteiger partial charge is 0.335 e. The van der Waals surface area contributed by atoms with Crippen molar-refractivity contribution in [1.29, 1.82) is 0 Å². The molecule has 2 nitrogen and oxygen atoms in total. The van der Waals surface area contributed by atoms with Crippen LogP contribution in [-0.2, 0) is 0 Å². The minimum Gasteiger partial charge on any atom is -0.478 e. The van der Waals surface area contributed by atoms with Crippen molar-refractivity contribution in [2.24, 2.45) is 0 Å². The van der Waals surface area contributed by atoms with Gasteiger partial charge in [0.05, 0.1) is 5.56 Å². The lowest BCUT2D eigenvalue weighted by molar-refractivity contribution is 0.0696. The monoisotopic (exact) mass is 242 g/mol. The number of hydrogen-bond donors (Lipinski definition) is 1. The van der Waals surface area contributed by atoms with E-state index in [-0.39, 0.29) is 4.83 Å². The zero-order valence-corrected chi connectivity index (χ0v) is 9.13. The molecule has 0 saturated carbocycles. The van der Waals surface area contributed by atoms with E-state index >= 15 is 0 Å². The number of aryl methyl sites for hydroxylation is 1. The molecule has 0 radical (unpaired) electrons. The third-order valence-corrected chi connectivity index (χ3v) is 2.47. The maximum atomic E-state index is 10.7. The quantitative estimate of drug-likeness (QED) is 0.810. The summed E-state index contributed by atoms with van der Waals surface area (Å²) in [6.45, 7) is 3.82. The van der Waals surface area contributed by atoms with Crippen molar-refractivity contribution in [1.82, 2.24) is 0 Å². The molecule has 1 rings (SSSR count). The number of hydrogen-bond acceptors (Lipinski definition) is 1. The van der Waals surface area contributed by atoms with E-state index in [2.05, 4.69) is 15.9 Å². The van der Waals surface area contributed by atoms with Crippen LogP contribution in [0.3, 0.4) is 0 Å². The standard InChI is InChI=1S/C10H11BrO2/c1-6-5-8(7(2)11)3-4-9(6)10(12)13/h3-5,7H,1-2H3,(H,12,13). The minimum atomic E-state index is -0.869. The van der Waals surface area contributed by atoms with Crippen molar-refractivity contribution in [3.8, 4) is 0 Å². The highest BCUT2D eigenvalue weighted by atomic mass is 79.9. The first kappa shape index (κ1) is 10.3. The maximum Gasteiger partial charge on any atom is 0.335 e. The number of aromatic carboxylic acids is 1. The number of halogens is 1. The molecule has 13 heavy (non-hydrogen) atoms. The van der Waals surface area contributed by atoms with Crippen LogP contribution in [0.4, 0.5) is 0 Å². The number of rotatable bonds is 2. The average molecular weight is 243 g/mol. The van der Waals surface area contributed by atoms with Crippen molar-refractivity contribution >= 4 is 21.9 Å². The first-order valence-corrected chi connectivity index (χ1v) is 4.92. The highest BCUT2D eigenvalue weighted by Crippen LogP contribution is 2.23. The average Bonchev–Trinajstić information content (AvgIpc) is 2.03. The lowest BCUT2D eigenvalue weighted by atomic mass is 10.0. The Morgan fingerprint density at radius 1 is 1.54 bits per heavy atom. The van der Waals surface area contributed by atoms with Gasteiger partial charge in [0.25, 0.3) is 0 Å². The zero-order valence-electron chi connectivity index (χ0n) is 7.54.